The van der Waals surface area contributed by atoms with Crippen molar-refractivity contribution in [3.05, 3.63) is 60.4 Å². The number of ether oxygens (including phenoxy) is 1. The maximum absolute atomic E-state index is 5.96. The van der Waals surface area contributed by atoms with Crippen LogP contribution in [0.4, 0.5) is 0 Å². The third-order valence-corrected chi connectivity index (χ3v) is 5.13. The first-order valence-electron chi connectivity index (χ1n) is 8.90. The van der Waals surface area contributed by atoms with Crippen LogP contribution in [0.5, 0.6) is 0 Å². The lowest BCUT2D eigenvalue weighted by Crippen LogP contribution is -2.28. The van der Waals surface area contributed by atoms with E-state index in [0.717, 1.165) is 31.1 Å². The second kappa shape index (κ2) is 6.94. The molecule has 3 atom stereocenters. The minimum Gasteiger partial charge on any atom is -0.370 e. The summed E-state index contributed by atoms with van der Waals surface area (Å²) in [5, 5.41) is 6.11. The first-order valence-corrected chi connectivity index (χ1v) is 8.90. The van der Waals surface area contributed by atoms with Gasteiger partial charge in [0.2, 0.25) is 0 Å². The van der Waals surface area contributed by atoms with Gasteiger partial charge in [-0.2, -0.15) is 0 Å². The monoisotopic (exact) mass is 336 g/mol. The number of benzene rings is 1. The van der Waals surface area contributed by atoms with Gasteiger partial charge in [-0.05, 0) is 24.8 Å². The molecule has 0 radical (unpaired) electrons. The molecule has 1 saturated heterocycles. The van der Waals surface area contributed by atoms with Gasteiger partial charge in [-0.15, -0.1) is 0 Å². The van der Waals surface area contributed by atoms with E-state index in [1.54, 1.807) is 0 Å². The summed E-state index contributed by atoms with van der Waals surface area (Å²) in [5.74, 6) is 1.44. The number of aryl methyl sites for hydroxylation is 1. The van der Waals surface area contributed by atoms with Crippen molar-refractivity contribution in [2.45, 2.75) is 25.5 Å². The zero-order valence-corrected chi connectivity index (χ0v) is 14.7. The molecule has 1 N–H and O–H groups in total. The molecule has 5 nitrogen and oxygen atoms in total. The van der Waals surface area contributed by atoms with E-state index in [2.05, 4.69) is 57.1 Å². The zero-order valence-electron chi connectivity index (χ0n) is 14.7. The van der Waals surface area contributed by atoms with Gasteiger partial charge >= 0.3 is 0 Å². The fourth-order valence-electron chi connectivity index (χ4n) is 3.69. The van der Waals surface area contributed by atoms with Gasteiger partial charge in [0.15, 0.2) is 0 Å². The second-order valence-electron chi connectivity index (χ2n) is 6.78. The molecule has 4 rings (SSSR count). The molecule has 1 unspecified atom stereocenters. The summed E-state index contributed by atoms with van der Waals surface area (Å²) < 4.78 is 8.01. The molecule has 0 spiro atoms. The molecule has 0 amide bonds. The molecule has 3 aromatic rings. The lowest BCUT2D eigenvalue weighted by molar-refractivity contribution is 0.0806. The van der Waals surface area contributed by atoms with Gasteiger partial charge in [-0.25, -0.2) is 4.98 Å². The van der Waals surface area contributed by atoms with E-state index >= 15 is 0 Å². The Morgan fingerprint density at radius 2 is 2.12 bits per heavy atom. The zero-order chi connectivity index (χ0) is 17.2. The summed E-state index contributed by atoms with van der Waals surface area (Å²) in [6.45, 7) is 3.87. The Kier molecular flexibility index (Phi) is 4.51. The van der Waals surface area contributed by atoms with Crippen LogP contribution in [0.2, 0.25) is 0 Å². The highest BCUT2D eigenvalue weighted by atomic mass is 16.5. The van der Waals surface area contributed by atoms with Crippen LogP contribution in [-0.4, -0.2) is 27.7 Å². The Labute approximate surface area is 148 Å². The van der Waals surface area contributed by atoms with Crippen molar-refractivity contribution in [1.29, 1.82) is 0 Å². The third kappa shape index (κ3) is 3.17. The molecule has 5 heteroatoms. The Balaban J connectivity index is 1.48. The van der Waals surface area contributed by atoms with Gasteiger partial charge in [0.05, 0.1) is 5.69 Å². The molecule has 2 aromatic heterocycles. The van der Waals surface area contributed by atoms with Crippen molar-refractivity contribution in [3.63, 3.8) is 0 Å². The normalized spacial score (nSPS) is 21.7. The minimum atomic E-state index is 0.0696. The molecule has 1 aromatic carbocycles. The Morgan fingerprint density at radius 3 is 2.96 bits per heavy atom. The Morgan fingerprint density at radius 1 is 1.24 bits per heavy atom. The first-order chi connectivity index (χ1) is 12.2. The number of rotatable bonds is 5. The summed E-state index contributed by atoms with van der Waals surface area (Å²) in [6.07, 6.45) is 6.83. The van der Waals surface area contributed by atoms with E-state index in [9.17, 15) is 0 Å². The number of aromatic nitrogens is 3. The highest BCUT2D eigenvalue weighted by Crippen LogP contribution is 2.33. The fourth-order valence-corrected chi connectivity index (χ4v) is 3.69. The number of imidazole rings is 1. The molecule has 130 valence electrons. The van der Waals surface area contributed by atoms with Crippen LogP contribution in [0.15, 0.2) is 48.9 Å². The molecule has 1 fully saturated rings. The largest absolute Gasteiger partial charge is 0.370 e. The molecule has 3 heterocycles. The van der Waals surface area contributed by atoms with E-state index in [0.29, 0.717) is 5.92 Å². The van der Waals surface area contributed by atoms with Gasteiger partial charge in [-0.3, -0.25) is 4.98 Å². The minimum absolute atomic E-state index is 0.0696. The summed E-state index contributed by atoms with van der Waals surface area (Å²) in [5.41, 5.74) is 1.10. The number of pyridine rings is 1. The van der Waals surface area contributed by atoms with Crippen LogP contribution in [-0.2, 0) is 11.8 Å². The maximum atomic E-state index is 5.96. The molecule has 1 aliphatic heterocycles. The van der Waals surface area contributed by atoms with E-state index in [4.69, 9.17) is 4.74 Å². The first kappa shape index (κ1) is 16.2. The number of fused-ring (bicyclic) bond motifs is 1. The van der Waals surface area contributed by atoms with Crippen LogP contribution in [0.1, 0.15) is 37.0 Å². The van der Waals surface area contributed by atoms with E-state index in [1.807, 2.05) is 25.6 Å². The van der Waals surface area contributed by atoms with Crippen molar-refractivity contribution < 1.29 is 4.74 Å². The smallest absolute Gasteiger partial charge is 0.137 e. The van der Waals surface area contributed by atoms with Crippen LogP contribution in [0, 0.1) is 5.92 Å². The topological polar surface area (TPSA) is 52.0 Å². The van der Waals surface area contributed by atoms with Crippen LogP contribution in [0.3, 0.4) is 0 Å². The number of nitrogens with zero attached hydrogens (tertiary/aromatic N) is 3. The molecular weight excluding hydrogens is 312 g/mol. The van der Waals surface area contributed by atoms with E-state index in [-0.39, 0.29) is 12.1 Å². The molecule has 0 aliphatic carbocycles. The van der Waals surface area contributed by atoms with Crippen LogP contribution < -0.4 is 5.32 Å². The SMILES string of the molecule is CC(NC[C@@H]1CCO[C@H]1c1nccn1C)c1nccc2ccccc12. The molecular formula is C20H24N4O. The van der Waals surface area contributed by atoms with Crippen molar-refractivity contribution in [2.24, 2.45) is 13.0 Å². The van der Waals surface area contributed by atoms with E-state index in [1.165, 1.54) is 10.8 Å². The van der Waals surface area contributed by atoms with Gasteiger partial charge in [0.25, 0.3) is 0 Å². The number of hydrogen-bond donors (Lipinski definition) is 1. The van der Waals surface area contributed by atoms with Crippen molar-refractivity contribution in [3.8, 4) is 0 Å². The lowest BCUT2D eigenvalue weighted by Gasteiger charge is -2.22. The van der Waals surface area contributed by atoms with Crippen LogP contribution >= 0.6 is 0 Å². The predicted octanol–water partition coefficient (Wildman–Crippen LogP) is 3.40. The summed E-state index contributed by atoms with van der Waals surface area (Å²) in [4.78, 5) is 9.10. The molecule has 0 saturated carbocycles. The third-order valence-electron chi connectivity index (χ3n) is 5.13. The highest BCUT2D eigenvalue weighted by molar-refractivity contribution is 5.84. The molecule has 25 heavy (non-hydrogen) atoms. The number of nitrogens with one attached hydrogen (secondary N) is 1. The van der Waals surface area contributed by atoms with Gasteiger partial charge in [-0.1, -0.05) is 24.3 Å². The Hall–Kier alpha value is -2.24. The molecule has 0 bridgehead atoms. The van der Waals surface area contributed by atoms with Gasteiger partial charge < -0.3 is 14.6 Å². The average Bonchev–Trinajstić information content (AvgIpc) is 3.27. The highest BCUT2D eigenvalue weighted by Gasteiger charge is 2.32. The van der Waals surface area contributed by atoms with Crippen molar-refractivity contribution >= 4 is 10.8 Å². The van der Waals surface area contributed by atoms with Crippen molar-refractivity contribution in [2.75, 3.05) is 13.2 Å². The summed E-state index contributed by atoms with van der Waals surface area (Å²) in [6, 6.07) is 10.7. The lowest BCUT2D eigenvalue weighted by atomic mass is 9.99. The summed E-state index contributed by atoms with van der Waals surface area (Å²) in [7, 11) is 2.02. The van der Waals surface area contributed by atoms with Gasteiger partial charge in [0.1, 0.15) is 11.9 Å². The quantitative estimate of drug-likeness (QED) is 0.776. The van der Waals surface area contributed by atoms with E-state index < -0.39 is 0 Å². The fraction of sp³-hybridized carbons (Fsp3) is 0.400. The number of hydrogen-bond acceptors (Lipinski definition) is 4. The van der Waals surface area contributed by atoms with Crippen molar-refractivity contribution in [1.82, 2.24) is 19.9 Å². The molecule has 1 aliphatic rings. The standard InChI is InChI=1S/C20H24N4O/c1-14(18-17-6-4-3-5-15(17)7-9-21-18)23-13-16-8-12-25-19(16)20-22-10-11-24(20)2/h3-7,9-11,14,16,19,23H,8,12-13H2,1-2H3/t14?,16-,19+/m0/s1. The second-order valence-corrected chi connectivity index (χ2v) is 6.78. The summed E-state index contributed by atoms with van der Waals surface area (Å²) >= 11 is 0. The Bertz CT molecular complexity index is 854. The van der Waals surface area contributed by atoms with Gasteiger partial charge in [0, 0.05) is 56.1 Å². The maximum Gasteiger partial charge on any atom is 0.137 e. The van der Waals surface area contributed by atoms with Crippen LogP contribution in [0.25, 0.3) is 10.8 Å². The predicted molar refractivity (Wildman–Crippen MR) is 98.2 cm³/mol. The average molecular weight is 336 g/mol.